The number of aromatic nitrogens is 1. The molecule has 230 valence electrons. The smallest absolute Gasteiger partial charge is 0.224 e. The highest BCUT2D eigenvalue weighted by Crippen LogP contribution is 2.33. The topological polar surface area (TPSA) is 101 Å². The van der Waals surface area contributed by atoms with Gasteiger partial charge in [0.05, 0.1) is 18.8 Å². The Kier molecular flexibility index (Phi) is 10.1. The standard InChI is InChI=1S/C35H38ClFN4O3/c1-41(2)34-13-10-25(21-39-34)24-8-6-22(7-9-24)18-30(38)32(42)19-26(16-23-4-3-5-27(36)17-23)35(43)40-31-14-15-44-33-12-11-28(37)20-29(31)33/h3-13,17,20-21,26,30-32,42H,14-16,18-19,38H2,1-2H3,(H,40,43)/t26-,30+,31-,32+/m1/s1. The number of pyridine rings is 1. The van der Waals surface area contributed by atoms with Gasteiger partial charge in [-0.15, -0.1) is 0 Å². The van der Waals surface area contributed by atoms with Crippen LogP contribution in [0.4, 0.5) is 10.2 Å². The monoisotopic (exact) mass is 616 g/mol. The number of hydrogen-bond donors (Lipinski definition) is 3. The largest absolute Gasteiger partial charge is 0.493 e. The van der Waals surface area contributed by atoms with Gasteiger partial charge in [0.2, 0.25) is 5.91 Å². The van der Waals surface area contributed by atoms with E-state index in [-0.39, 0.29) is 12.3 Å². The van der Waals surface area contributed by atoms with Crippen LogP contribution < -0.4 is 20.7 Å². The van der Waals surface area contributed by atoms with Gasteiger partial charge in [-0.2, -0.15) is 0 Å². The van der Waals surface area contributed by atoms with Gasteiger partial charge >= 0.3 is 0 Å². The summed E-state index contributed by atoms with van der Waals surface area (Å²) in [7, 11) is 3.90. The third kappa shape index (κ3) is 7.94. The zero-order chi connectivity index (χ0) is 31.2. The Morgan fingerprint density at radius 2 is 1.84 bits per heavy atom. The molecule has 7 nitrogen and oxygen atoms in total. The number of carbonyl (C=O) groups excluding carboxylic acids is 1. The van der Waals surface area contributed by atoms with Crippen molar-refractivity contribution in [2.75, 3.05) is 25.6 Å². The summed E-state index contributed by atoms with van der Waals surface area (Å²) in [6.07, 6.45) is 2.38. The Balaban J connectivity index is 1.26. The fourth-order valence-electron chi connectivity index (χ4n) is 5.57. The molecular formula is C35H38ClFN4O3. The first-order chi connectivity index (χ1) is 21.2. The van der Waals surface area contributed by atoms with Gasteiger partial charge in [-0.05, 0) is 78.4 Å². The molecule has 1 aliphatic rings. The summed E-state index contributed by atoms with van der Waals surface area (Å²) in [5.74, 6) is 0.228. The fraction of sp³-hybridized carbons (Fsp3) is 0.314. The van der Waals surface area contributed by atoms with Crippen LogP contribution in [-0.4, -0.2) is 48.8 Å². The summed E-state index contributed by atoms with van der Waals surface area (Å²) in [5, 5.41) is 14.9. The Hall–Kier alpha value is -3.98. The predicted molar refractivity (Wildman–Crippen MR) is 172 cm³/mol. The minimum atomic E-state index is -0.938. The summed E-state index contributed by atoms with van der Waals surface area (Å²) in [5.41, 5.74) is 11.0. The van der Waals surface area contributed by atoms with E-state index in [9.17, 15) is 14.3 Å². The van der Waals surface area contributed by atoms with Crippen LogP contribution in [0.5, 0.6) is 5.75 Å². The van der Waals surface area contributed by atoms with E-state index in [1.54, 1.807) is 12.1 Å². The van der Waals surface area contributed by atoms with E-state index >= 15 is 0 Å². The number of aliphatic hydroxyl groups excluding tert-OH is 1. The molecule has 0 fully saturated rings. The summed E-state index contributed by atoms with van der Waals surface area (Å²) < 4.78 is 19.7. The minimum Gasteiger partial charge on any atom is -0.493 e. The molecule has 5 rings (SSSR count). The van der Waals surface area contributed by atoms with Gasteiger partial charge in [0.25, 0.3) is 0 Å². The molecule has 0 spiro atoms. The van der Waals surface area contributed by atoms with Gasteiger partial charge in [0, 0.05) is 54.8 Å². The SMILES string of the molecule is CN(C)c1ccc(-c2ccc(C[C@H](N)[C@@H](O)C[C@@H](Cc3cccc(Cl)c3)C(=O)N[C@@H]3CCOc4ccc(F)cc43)cc2)cn1. The Morgan fingerprint density at radius 1 is 1.07 bits per heavy atom. The van der Waals surface area contributed by atoms with Crippen molar-refractivity contribution < 1.29 is 19.0 Å². The van der Waals surface area contributed by atoms with Gasteiger partial charge in [0.1, 0.15) is 17.4 Å². The number of anilines is 1. The maximum absolute atomic E-state index is 14.0. The lowest BCUT2D eigenvalue weighted by molar-refractivity contribution is -0.127. The third-order valence-corrected chi connectivity index (χ3v) is 8.29. The van der Waals surface area contributed by atoms with Crippen LogP contribution in [0, 0.1) is 11.7 Å². The number of nitrogens with zero attached hydrogens (tertiary/aromatic N) is 2. The van der Waals surface area contributed by atoms with Gasteiger partial charge in [-0.1, -0.05) is 48.0 Å². The first-order valence-electron chi connectivity index (χ1n) is 14.8. The highest BCUT2D eigenvalue weighted by atomic mass is 35.5. The van der Waals surface area contributed by atoms with Crippen molar-refractivity contribution in [3.05, 3.63) is 113 Å². The van der Waals surface area contributed by atoms with E-state index in [0.717, 1.165) is 28.1 Å². The zero-order valence-electron chi connectivity index (χ0n) is 24.9. The van der Waals surface area contributed by atoms with Crippen LogP contribution in [0.3, 0.4) is 0 Å². The number of ether oxygens (including phenoxy) is 1. The minimum absolute atomic E-state index is 0.153. The van der Waals surface area contributed by atoms with Crippen molar-refractivity contribution in [3.63, 3.8) is 0 Å². The average molecular weight is 617 g/mol. The summed E-state index contributed by atoms with van der Waals surface area (Å²) in [6.45, 7) is 0.409. The molecular weight excluding hydrogens is 579 g/mol. The zero-order valence-corrected chi connectivity index (χ0v) is 25.7. The van der Waals surface area contributed by atoms with Crippen LogP contribution in [0.15, 0.2) is 85.1 Å². The van der Waals surface area contributed by atoms with Gasteiger partial charge in [-0.3, -0.25) is 4.79 Å². The Bertz CT molecular complexity index is 1570. The summed E-state index contributed by atoms with van der Waals surface area (Å²) in [4.78, 5) is 20.1. The van der Waals surface area contributed by atoms with Crippen LogP contribution in [-0.2, 0) is 17.6 Å². The number of rotatable bonds is 11. The van der Waals surface area contributed by atoms with Crippen molar-refractivity contribution in [3.8, 4) is 16.9 Å². The lowest BCUT2D eigenvalue weighted by atomic mass is 9.88. The summed E-state index contributed by atoms with van der Waals surface area (Å²) in [6, 6.07) is 22.7. The first-order valence-corrected chi connectivity index (χ1v) is 15.2. The number of nitrogens with one attached hydrogen (secondary N) is 1. The number of nitrogens with two attached hydrogens (primary N) is 1. The quantitative estimate of drug-likeness (QED) is 0.199. The number of amides is 1. The van der Waals surface area contributed by atoms with Gasteiger partial charge in [-0.25, -0.2) is 9.37 Å². The second kappa shape index (κ2) is 14.2. The van der Waals surface area contributed by atoms with Gasteiger partial charge in [0.15, 0.2) is 0 Å². The maximum atomic E-state index is 14.0. The van der Waals surface area contributed by atoms with Crippen LogP contribution in [0.25, 0.3) is 11.1 Å². The number of benzene rings is 3. The lowest BCUT2D eigenvalue weighted by Crippen LogP contribution is -2.42. The molecule has 0 bridgehead atoms. The fourth-order valence-corrected chi connectivity index (χ4v) is 5.78. The normalized spacial score (nSPS) is 16.3. The Morgan fingerprint density at radius 3 is 2.55 bits per heavy atom. The molecule has 1 amide bonds. The van der Waals surface area contributed by atoms with Crippen LogP contribution >= 0.6 is 11.6 Å². The first kappa shape index (κ1) is 31.4. The van der Waals surface area contributed by atoms with E-state index in [1.807, 2.05) is 79.8 Å². The number of halogens is 2. The van der Waals surface area contributed by atoms with E-state index in [4.69, 9.17) is 22.1 Å². The van der Waals surface area contributed by atoms with Crippen molar-refractivity contribution in [2.45, 2.75) is 43.9 Å². The molecule has 1 aromatic heterocycles. The highest BCUT2D eigenvalue weighted by molar-refractivity contribution is 6.30. The van der Waals surface area contributed by atoms with E-state index < -0.39 is 29.9 Å². The predicted octanol–water partition coefficient (Wildman–Crippen LogP) is 5.73. The molecule has 2 heterocycles. The molecule has 44 heavy (non-hydrogen) atoms. The second-order valence-electron chi connectivity index (χ2n) is 11.6. The van der Waals surface area contributed by atoms with Crippen molar-refractivity contribution in [2.24, 2.45) is 11.7 Å². The van der Waals surface area contributed by atoms with Crippen LogP contribution in [0.2, 0.25) is 5.02 Å². The van der Waals surface area contributed by atoms with E-state index in [0.29, 0.717) is 42.2 Å². The molecule has 4 aromatic rings. The summed E-state index contributed by atoms with van der Waals surface area (Å²) >= 11 is 6.23. The number of carbonyl (C=O) groups is 1. The number of aliphatic hydroxyl groups is 1. The van der Waals surface area contributed by atoms with Crippen molar-refractivity contribution in [1.29, 1.82) is 0 Å². The molecule has 0 radical (unpaired) electrons. The molecule has 3 aromatic carbocycles. The van der Waals surface area contributed by atoms with Crippen molar-refractivity contribution in [1.82, 2.24) is 10.3 Å². The highest BCUT2D eigenvalue weighted by Gasteiger charge is 2.30. The Labute approximate surface area is 262 Å². The average Bonchev–Trinajstić information content (AvgIpc) is 3.01. The van der Waals surface area contributed by atoms with Crippen LogP contribution in [0.1, 0.15) is 35.6 Å². The molecule has 9 heteroatoms. The molecule has 1 aliphatic heterocycles. The number of hydrogen-bond acceptors (Lipinski definition) is 6. The molecule has 0 unspecified atom stereocenters. The van der Waals surface area contributed by atoms with Crippen molar-refractivity contribution >= 4 is 23.3 Å². The molecule has 0 aliphatic carbocycles. The number of fused-ring (bicyclic) bond motifs is 1. The second-order valence-corrected chi connectivity index (χ2v) is 12.0. The van der Waals surface area contributed by atoms with E-state index in [1.165, 1.54) is 12.1 Å². The molecule has 0 saturated carbocycles. The molecule has 0 saturated heterocycles. The lowest BCUT2D eigenvalue weighted by Gasteiger charge is -2.29. The molecule has 4 atom stereocenters. The molecule has 4 N–H and O–H groups in total. The maximum Gasteiger partial charge on any atom is 0.224 e. The van der Waals surface area contributed by atoms with E-state index in [2.05, 4.69) is 10.3 Å². The third-order valence-electron chi connectivity index (χ3n) is 8.05. The van der Waals surface area contributed by atoms with Gasteiger partial charge < -0.3 is 25.8 Å².